The van der Waals surface area contributed by atoms with E-state index < -0.39 is 42.7 Å². The monoisotopic (exact) mass is 715 g/mol. The second-order valence-corrected chi connectivity index (χ2v) is 12.1. The van der Waals surface area contributed by atoms with Crippen molar-refractivity contribution >= 4 is 39.8 Å². The molecule has 1 aliphatic heterocycles. The lowest BCUT2D eigenvalue weighted by molar-refractivity contribution is -0.277. The van der Waals surface area contributed by atoms with Gasteiger partial charge in [-0.05, 0) is 55.8 Å². The number of nitrogens with zero attached hydrogens (tertiary/aromatic N) is 1. The normalized spacial score (nSPS) is 20.7. The zero-order valence-electron chi connectivity index (χ0n) is 29.1. The van der Waals surface area contributed by atoms with Gasteiger partial charge in [-0.3, -0.25) is 4.79 Å². The largest absolute Gasteiger partial charge is 0.502 e. The molecule has 3 heterocycles. The fourth-order valence-electron chi connectivity index (χ4n) is 6.22. The Morgan fingerprint density at radius 3 is 2.08 bits per heavy atom. The van der Waals surface area contributed by atoms with E-state index in [2.05, 4.69) is 30.9 Å². The zero-order valence-corrected chi connectivity index (χ0v) is 29.1. The van der Waals surface area contributed by atoms with Gasteiger partial charge in [0.05, 0.1) is 26.2 Å². The third-order valence-electron chi connectivity index (χ3n) is 8.99. The summed E-state index contributed by atoms with van der Waals surface area (Å²) in [4.78, 5) is 15.1. The molecule has 3 aromatic carbocycles. The molecule has 0 bridgehead atoms. The minimum absolute atomic E-state index is 0.00199. The van der Waals surface area contributed by atoms with Crippen molar-refractivity contribution < 1.29 is 53.3 Å². The Balaban J connectivity index is 1.49. The van der Waals surface area contributed by atoms with E-state index in [1.54, 1.807) is 18.2 Å². The number of methoxy groups -OCH3 is 2. The van der Waals surface area contributed by atoms with Gasteiger partial charge in [0.2, 0.25) is 12.0 Å². The number of hydrogen-bond acceptors (Lipinski definition) is 13. The van der Waals surface area contributed by atoms with Crippen molar-refractivity contribution in [3.63, 3.8) is 0 Å². The van der Waals surface area contributed by atoms with Crippen LogP contribution in [0.3, 0.4) is 0 Å². The van der Waals surface area contributed by atoms with Crippen molar-refractivity contribution in [3.8, 4) is 34.3 Å². The fraction of sp³-hybridized carbons (Fsp3) is 0.308. The first kappa shape index (κ1) is 36.5. The van der Waals surface area contributed by atoms with Crippen LogP contribution in [0.4, 0.5) is 5.69 Å². The van der Waals surface area contributed by atoms with Crippen molar-refractivity contribution in [2.24, 2.45) is 0 Å². The van der Waals surface area contributed by atoms with Crippen molar-refractivity contribution in [3.05, 3.63) is 88.3 Å². The van der Waals surface area contributed by atoms with E-state index in [1.165, 1.54) is 38.5 Å². The summed E-state index contributed by atoms with van der Waals surface area (Å²) in [5, 5.41) is 53.1. The highest BCUT2D eigenvalue weighted by Gasteiger charge is 2.45. The summed E-state index contributed by atoms with van der Waals surface area (Å²) in [6, 6.07) is 15.4. The minimum Gasteiger partial charge on any atom is -0.502 e. The fourth-order valence-corrected chi connectivity index (χ4v) is 6.22. The Kier molecular flexibility index (Phi) is 10.9. The SMILES string of the molecule is CCN(CC)c1ccc(/C=C/C=C/c2cc3c(O[C@@H]4O[C@H](CO)[C@@H](O)[C@H](O)[C@H]4O)c(-c4cc(OC)c(O)c(OC)c4)oc4cc(=O)cc(o2)c43)cc1. The Morgan fingerprint density at radius 2 is 1.46 bits per heavy atom. The quantitative estimate of drug-likeness (QED) is 0.112. The number of rotatable bonds is 12. The topological polar surface area (TPSA) is 185 Å². The first-order valence-electron chi connectivity index (χ1n) is 16.8. The molecule has 0 aliphatic carbocycles. The number of benzene rings is 3. The third-order valence-corrected chi connectivity index (χ3v) is 8.99. The van der Waals surface area contributed by atoms with Crippen LogP contribution in [0.5, 0.6) is 23.0 Å². The molecule has 13 heteroatoms. The number of aromatic hydroxyl groups is 1. The van der Waals surface area contributed by atoms with Crippen LogP contribution in [0.1, 0.15) is 25.2 Å². The van der Waals surface area contributed by atoms with Crippen molar-refractivity contribution in [2.75, 3.05) is 38.8 Å². The van der Waals surface area contributed by atoms with Gasteiger partial charge in [0.1, 0.15) is 41.3 Å². The van der Waals surface area contributed by atoms with Crippen LogP contribution in [0, 0.1) is 0 Å². The first-order chi connectivity index (χ1) is 25.1. The maximum Gasteiger partial charge on any atom is 0.229 e. The Hall–Kier alpha value is -5.31. The minimum atomic E-state index is -1.75. The lowest BCUT2D eigenvalue weighted by Gasteiger charge is -2.39. The molecule has 1 aliphatic rings. The van der Waals surface area contributed by atoms with E-state index in [4.69, 9.17) is 27.8 Å². The van der Waals surface area contributed by atoms with Crippen LogP contribution in [0.2, 0.25) is 0 Å². The van der Waals surface area contributed by atoms with Gasteiger partial charge in [-0.2, -0.15) is 0 Å². The van der Waals surface area contributed by atoms with Gasteiger partial charge in [-0.1, -0.05) is 30.4 Å². The number of aliphatic hydroxyl groups excluding tert-OH is 4. The van der Waals surface area contributed by atoms with Gasteiger partial charge in [0.15, 0.2) is 28.4 Å². The molecule has 52 heavy (non-hydrogen) atoms. The number of phenolic OH excluding ortho intramolecular Hbond substituents is 1. The molecule has 1 saturated heterocycles. The molecular weight excluding hydrogens is 674 g/mol. The second kappa shape index (κ2) is 15.5. The van der Waals surface area contributed by atoms with E-state index in [0.29, 0.717) is 16.5 Å². The van der Waals surface area contributed by atoms with Gasteiger partial charge in [0.25, 0.3) is 0 Å². The summed E-state index contributed by atoms with van der Waals surface area (Å²) in [5.74, 6) is 0.0916. The number of anilines is 1. The number of hydrogen-bond donors (Lipinski definition) is 5. The van der Waals surface area contributed by atoms with E-state index in [9.17, 15) is 30.3 Å². The predicted octanol–water partition coefficient (Wildman–Crippen LogP) is 4.68. The Labute approximate surface area is 298 Å². The summed E-state index contributed by atoms with van der Waals surface area (Å²) >= 11 is 0. The van der Waals surface area contributed by atoms with Gasteiger partial charge in [-0.15, -0.1) is 0 Å². The summed E-state index contributed by atoms with van der Waals surface area (Å²) in [7, 11) is 2.71. The Bertz CT molecular complexity index is 2120. The molecule has 5 aromatic rings. The highest BCUT2D eigenvalue weighted by molar-refractivity contribution is 6.10. The van der Waals surface area contributed by atoms with Gasteiger partial charge < -0.3 is 58.2 Å². The highest BCUT2D eigenvalue weighted by Crippen LogP contribution is 2.47. The predicted molar refractivity (Wildman–Crippen MR) is 195 cm³/mol. The lowest BCUT2D eigenvalue weighted by Crippen LogP contribution is -2.60. The first-order valence-corrected chi connectivity index (χ1v) is 16.8. The summed E-state index contributed by atoms with van der Waals surface area (Å²) in [6.07, 6.45) is -0.710. The number of aliphatic hydroxyl groups is 4. The van der Waals surface area contributed by atoms with Gasteiger partial charge in [0, 0.05) is 41.9 Å². The Morgan fingerprint density at radius 1 is 0.827 bits per heavy atom. The average Bonchev–Trinajstić information content (AvgIpc) is 3.15. The second-order valence-electron chi connectivity index (χ2n) is 12.1. The maximum absolute atomic E-state index is 12.9. The molecule has 274 valence electrons. The summed E-state index contributed by atoms with van der Waals surface area (Å²) < 4.78 is 35.2. The molecular formula is C39H41NO12. The molecule has 1 fully saturated rings. The van der Waals surface area contributed by atoms with Crippen LogP contribution in [0.15, 0.2) is 80.4 Å². The van der Waals surface area contributed by atoms with Crippen LogP contribution in [0.25, 0.3) is 45.4 Å². The standard InChI is InChI=1S/C39H41NO12/c1-5-40(6-2)23-13-11-21(12-14-23)9-7-8-10-25-19-26-32-27(49-25)17-24(42)18-28(32)50-37(22-15-29(47-3)33(43)30(16-22)48-4)38(26)52-39-36(46)35(45)34(44)31(20-41)51-39/h7-19,31,34-36,39,41,43-46H,5-6,20H2,1-4H3/b9-7+,10-8+/t31-,34-,35+,36-,39+/m1/s1. The average molecular weight is 716 g/mol. The van der Waals surface area contributed by atoms with Crippen molar-refractivity contribution in [2.45, 2.75) is 44.6 Å². The molecule has 2 aromatic heterocycles. The van der Waals surface area contributed by atoms with Gasteiger partial charge >= 0.3 is 0 Å². The van der Waals surface area contributed by atoms with Gasteiger partial charge in [-0.25, -0.2) is 0 Å². The summed E-state index contributed by atoms with van der Waals surface area (Å²) in [5.41, 5.74) is 2.31. The van der Waals surface area contributed by atoms with Crippen LogP contribution in [-0.4, -0.2) is 90.2 Å². The lowest BCUT2D eigenvalue weighted by atomic mass is 9.99. The third kappa shape index (κ3) is 7.09. The maximum atomic E-state index is 12.9. The van der Waals surface area contributed by atoms with E-state index in [-0.39, 0.29) is 45.5 Å². The molecule has 0 amide bonds. The molecule has 0 unspecified atom stereocenters. The number of allylic oxidation sites excluding steroid dienone is 2. The number of ether oxygens (including phenoxy) is 4. The zero-order chi connectivity index (χ0) is 37.1. The van der Waals surface area contributed by atoms with E-state index in [0.717, 1.165) is 24.3 Å². The molecule has 0 radical (unpaired) electrons. The van der Waals surface area contributed by atoms with E-state index in [1.807, 2.05) is 24.3 Å². The van der Waals surface area contributed by atoms with Crippen LogP contribution >= 0.6 is 0 Å². The van der Waals surface area contributed by atoms with E-state index >= 15 is 0 Å². The summed E-state index contributed by atoms with van der Waals surface area (Å²) in [6.45, 7) is 5.38. The molecule has 5 N–H and O–H groups in total. The smallest absolute Gasteiger partial charge is 0.229 e. The highest BCUT2D eigenvalue weighted by atomic mass is 16.7. The van der Waals surface area contributed by atoms with Crippen LogP contribution in [-0.2, 0) is 4.74 Å². The van der Waals surface area contributed by atoms with Crippen molar-refractivity contribution in [1.29, 1.82) is 0 Å². The van der Waals surface area contributed by atoms with Crippen LogP contribution < -0.4 is 24.5 Å². The number of phenols is 1. The molecule has 0 spiro atoms. The van der Waals surface area contributed by atoms with Crippen molar-refractivity contribution in [1.82, 2.24) is 0 Å². The molecule has 0 saturated carbocycles. The molecule has 5 atom stereocenters. The molecule has 13 nitrogen and oxygen atoms in total. The molecule has 6 rings (SSSR count).